The van der Waals surface area contributed by atoms with Crippen molar-refractivity contribution in [3.05, 3.63) is 0 Å². The van der Waals surface area contributed by atoms with Crippen LogP contribution in [0.1, 0.15) is 52.4 Å². The average molecular weight is 268 g/mol. The van der Waals surface area contributed by atoms with Crippen LogP contribution in [0, 0.1) is 0 Å². The lowest BCUT2D eigenvalue weighted by Crippen LogP contribution is -2.39. The summed E-state index contributed by atoms with van der Waals surface area (Å²) < 4.78 is 0. The van der Waals surface area contributed by atoms with E-state index in [1.54, 1.807) is 0 Å². The number of hydrogen-bond donors (Lipinski definition) is 1. The van der Waals surface area contributed by atoms with E-state index in [1.165, 1.54) is 50.8 Å². The molecule has 0 radical (unpaired) electrons. The summed E-state index contributed by atoms with van der Waals surface area (Å²) in [6.07, 6.45) is 8.54. The maximum absolute atomic E-state index is 3.95. The lowest BCUT2D eigenvalue weighted by atomic mass is 10.1. The van der Waals surface area contributed by atoms with Crippen LogP contribution in [0.3, 0.4) is 0 Å². The van der Waals surface area contributed by atoms with Gasteiger partial charge in [0.15, 0.2) is 0 Å². The van der Waals surface area contributed by atoms with Crippen LogP contribution in [0.2, 0.25) is 0 Å². The van der Waals surface area contributed by atoms with E-state index in [2.05, 4.69) is 35.8 Å². The molecule has 2 nitrogen and oxygen atoms in total. The van der Waals surface area contributed by atoms with Gasteiger partial charge in [0.2, 0.25) is 0 Å². The highest BCUT2D eigenvalue weighted by atomic mass is 32.2. The van der Waals surface area contributed by atoms with Gasteiger partial charge in [-0.05, 0) is 51.2 Å². The Labute approximate surface area is 116 Å². The SMILES string of the molecule is CCSC1CCC(NC2CC(C)N(C3CC3)C2)C1. The molecule has 0 aromatic heterocycles. The van der Waals surface area contributed by atoms with Gasteiger partial charge in [-0.1, -0.05) is 6.92 Å². The first kappa shape index (κ1) is 13.3. The molecule has 3 heteroatoms. The van der Waals surface area contributed by atoms with Crippen molar-refractivity contribution in [2.24, 2.45) is 0 Å². The van der Waals surface area contributed by atoms with E-state index < -0.39 is 0 Å². The van der Waals surface area contributed by atoms with Crippen molar-refractivity contribution in [3.8, 4) is 0 Å². The van der Waals surface area contributed by atoms with Crippen LogP contribution < -0.4 is 5.32 Å². The summed E-state index contributed by atoms with van der Waals surface area (Å²) in [6.45, 7) is 6.02. The summed E-state index contributed by atoms with van der Waals surface area (Å²) in [5, 5.41) is 4.89. The number of likely N-dealkylation sites (tertiary alicyclic amines) is 1. The van der Waals surface area contributed by atoms with Crippen molar-refractivity contribution in [3.63, 3.8) is 0 Å². The minimum absolute atomic E-state index is 0.774. The molecule has 0 aromatic carbocycles. The van der Waals surface area contributed by atoms with Gasteiger partial charge in [0, 0.05) is 36.0 Å². The Kier molecular flexibility index (Phi) is 4.21. The van der Waals surface area contributed by atoms with E-state index in [-0.39, 0.29) is 0 Å². The Morgan fingerprint density at radius 1 is 1.11 bits per heavy atom. The van der Waals surface area contributed by atoms with E-state index in [1.807, 2.05) is 0 Å². The largest absolute Gasteiger partial charge is 0.310 e. The van der Waals surface area contributed by atoms with Crippen LogP contribution in [-0.4, -0.2) is 46.6 Å². The standard InChI is InChI=1S/C15H28N2S/c1-3-18-15-7-4-12(9-15)16-13-8-11(2)17(10-13)14-5-6-14/h11-16H,3-10H2,1-2H3. The lowest BCUT2D eigenvalue weighted by molar-refractivity contribution is 0.254. The molecule has 3 rings (SSSR count). The zero-order valence-corrected chi connectivity index (χ0v) is 12.7. The summed E-state index contributed by atoms with van der Waals surface area (Å²) >= 11 is 2.17. The van der Waals surface area contributed by atoms with Gasteiger partial charge in [0.1, 0.15) is 0 Å². The molecule has 1 heterocycles. The predicted octanol–water partition coefficient (Wildman–Crippen LogP) is 2.88. The van der Waals surface area contributed by atoms with E-state index in [9.17, 15) is 0 Å². The van der Waals surface area contributed by atoms with Crippen LogP contribution in [0.15, 0.2) is 0 Å². The highest BCUT2D eigenvalue weighted by Crippen LogP contribution is 2.35. The predicted molar refractivity (Wildman–Crippen MR) is 80.3 cm³/mol. The fraction of sp³-hybridized carbons (Fsp3) is 1.00. The highest BCUT2D eigenvalue weighted by molar-refractivity contribution is 7.99. The number of nitrogens with one attached hydrogen (secondary N) is 1. The third-order valence-electron chi connectivity index (χ3n) is 4.90. The molecule has 0 spiro atoms. The molecule has 4 unspecified atom stereocenters. The Bertz CT molecular complexity index is 280. The fourth-order valence-corrected chi connectivity index (χ4v) is 5.05. The molecule has 3 fully saturated rings. The van der Waals surface area contributed by atoms with Crippen LogP contribution >= 0.6 is 11.8 Å². The molecule has 1 N–H and O–H groups in total. The summed E-state index contributed by atoms with van der Waals surface area (Å²) in [6, 6.07) is 3.34. The van der Waals surface area contributed by atoms with Crippen molar-refractivity contribution < 1.29 is 0 Å². The number of rotatable bonds is 5. The molecule has 2 aliphatic carbocycles. The van der Waals surface area contributed by atoms with Gasteiger partial charge in [-0.25, -0.2) is 0 Å². The zero-order valence-electron chi connectivity index (χ0n) is 11.9. The summed E-state index contributed by atoms with van der Waals surface area (Å²) in [5.74, 6) is 1.29. The van der Waals surface area contributed by atoms with Crippen molar-refractivity contribution in [2.75, 3.05) is 12.3 Å². The van der Waals surface area contributed by atoms with E-state index in [4.69, 9.17) is 0 Å². The first-order valence-corrected chi connectivity index (χ1v) is 8.94. The van der Waals surface area contributed by atoms with Crippen molar-refractivity contribution in [1.82, 2.24) is 10.2 Å². The van der Waals surface area contributed by atoms with Gasteiger partial charge in [-0.15, -0.1) is 0 Å². The molecule has 0 aromatic rings. The Morgan fingerprint density at radius 2 is 1.94 bits per heavy atom. The second-order valence-corrected chi connectivity index (χ2v) is 8.04. The summed E-state index contributed by atoms with van der Waals surface area (Å²) in [5.41, 5.74) is 0. The average Bonchev–Trinajstić information content (AvgIpc) is 2.99. The quantitative estimate of drug-likeness (QED) is 0.825. The van der Waals surface area contributed by atoms with Gasteiger partial charge in [0.25, 0.3) is 0 Å². The van der Waals surface area contributed by atoms with E-state index >= 15 is 0 Å². The molecule has 104 valence electrons. The number of thioether (sulfide) groups is 1. The third kappa shape index (κ3) is 3.05. The maximum atomic E-state index is 3.95. The monoisotopic (exact) mass is 268 g/mol. The van der Waals surface area contributed by atoms with Gasteiger partial charge in [0.05, 0.1) is 0 Å². The van der Waals surface area contributed by atoms with Crippen LogP contribution in [0.5, 0.6) is 0 Å². The molecular formula is C15H28N2S. The smallest absolute Gasteiger partial charge is 0.0212 e. The van der Waals surface area contributed by atoms with Gasteiger partial charge in [-0.2, -0.15) is 11.8 Å². The Balaban J connectivity index is 1.43. The second kappa shape index (κ2) is 5.72. The van der Waals surface area contributed by atoms with Crippen molar-refractivity contribution in [2.45, 2.75) is 81.8 Å². The molecule has 0 bridgehead atoms. The molecule has 0 amide bonds. The molecule has 4 atom stereocenters. The van der Waals surface area contributed by atoms with Gasteiger partial charge < -0.3 is 5.32 Å². The minimum Gasteiger partial charge on any atom is -0.310 e. The Hall–Kier alpha value is 0.270. The lowest BCUT2D eigenvalue weighted by Gasteiger charge is -2.21. The molecule has 2 saturated carbocycles. The molecule has 3 aliphatic rings. The Morgan fingerprint density at radius 3 is 2.67 bits per heavy atom. The highest BCUT2D eigenvalue weighted by Gasteiger charge is 2.39. The minimum atomic E-state index is 0.774. The molecular weight excluding hydrogens is 240 g/mol. The molecule has 1 saturated heterocycles. The first-order valence-electron chi connectivity index (χ1n) is 7.89. The van der Waals surface area contributed by atoms with Crippen LogP contribution in [-0.2, 0) is 0 Å². The second-order valence-electron chi connectivity index (χ2n) is 6.46. The molecule has 1 aliphatic heterocycles. The first-order chi connectivity index (χ1) is 8.76. The van der Waals surface area contributed by atoms with Gasteiger partial charge >= 0.3 is 0 Å². The number of hydrogen-bond acceptors (Lipinski definition) is 3. The van der Waals surface area contributed by atoms with Crippen molar-refractivity contribution in [1.29, 1.82) is 0 Å². The number of nitrogens with zero attached hydrogens (tertiary/aromatic N) is 1. The summed E-state index contributed by atoms with van der Waals surface area (Å²) in [7, 11) is 0. The van der Waals surface area contributed by atoms with Gasteiger partial charge in [-0.3, -0.25) is 4.90 Å². The van der Waals surface area contributed by atoms with Crippen LogP contribution in [0.25, 0.3) is 0 Å². The third-order valence-corrected chi connectivity index (χ3v) is 6.13. The van der Waals surface area contributed by atoms with Crippen molar-refractivity contribution >= 4 is 11.8 Å². The maximum Gasteiger partial charge on any atom is 0.0212 e. The van der Waals surface area contributed by atoms with E-state index in [0.717, 1.165) is 29.4 Å². The zero-order chi connectivity index (χ0) is 12.5. The fourth-order valence-electron chi connectivity index (χ4n) is 3.90. The summed E-state index contributed by atoms with van der Waals surface area (Å²) in [4.78, 5) is 2.75. The topological polar surface area (TPSA) is 15.3 Å². The normalized spacial score (nSPS) is 41.7. The van der Waals surface area contributed by atoms with Crippen LogP contribution in [0.4, 0.5) is 0 Å². The van der Waals surface area contributed by atoms with E-state index in [0.29, 0.717) is 0 Å². The molecule has 18 heavy (non-hydrogen) atoms.